The standard InChI is InChI=1S/C18H18N2OS.C8H8BrNO/c1-13-7-9-15(10-8-13)11-20-17-6-4-3-5-16(17)19-18(20)22-12-14(2)21;1-10-5-6-4-7(9)2-3-8(6)11/h3-10H,11-12H2,1-2H3;2-5,11H,1H3. The number of phenolic OH excluding ortho intramolecular Hbond substituents is 1. The fourth-order valence-corrected chi connectivity index (χ4v) is 4.32. The third-order valence-corrected chi connectivity index (χ3v) is 6.36. The summed E-state index contributed by atoms with van der Waals surface area (Å²) in [6, 6.07) is 21.8. The number of benzene rings is 3. The number of imidazole rings is 1. The number of hydrogen-bond acceptors (Lipinski definition) is 5. The maximum Gasteiger partial charge on any atom is 0.169 e. The first-order valence-corrected chi connectivity index (χ1v) is 12.2. The Labute approximate surface area is 206 Å². The van der Waals surface area contributed by atoms with Gasteiger partial charge in [-0.25, -0.2) is 4.98 Å². The SMILES string of the molecule is CC(=O)CSc1nc2ccccc2n1Cc1ccc(C)cc1.CN=Cc1cc(Br)ccc1O. The fraction of sp³-hybridized carbons (Fsp3) is 0.192. The zero-order valence-electron chi connectivity index (χ0n) is 18.8. The van der Waals surface area contributed by atoms with Gasteiger partial charge in [0.15, 0.2) is 5.16 Å². The van der Waals surface area contributed by atoms with Crippen molar-refractivity contribution in [3.63, 3.8) is 0 Å². The number of Topliss-reactive ketones (excluding diaryl/α,β-unsaturated/α-hetero) is 1. The van der Waals surface area contributed by atoms with E-state index < -0.39 is 0 Å². The van der Waals surface area contributed by atoms with Gasteiger partial charge in [0.25, 0.3) is 0 Å². The van der Waals surface area contributed by atoms with Crippen LogP contribution in [0.5, 0.6) is 5.75 Å². The number of ketones is 1. The number of carbonyl (C=O) groups is 1. The molecule has 4 aromatic rings. The van der Waals surface area contributed by atoms with E-state index in [1.54, 1.807) is 32.3 Å². The Bertz CT molecular complexity index is 1270. The molecule has 3 aromatic carbocycles. The molecule has 5 nitrogen and oxygen atoms in total. The summed E-state index contributed by atoms with van der Waals surface area (Å²) in [6.45, 7) is 4.46. The molecule has 1 heterocycles. The average molecular weight is 524 g/mol. The van der Waals surface area contributed by atoms with E-state index in [1.165, 1.54) is 22.9 Å². The normalized spacial score (nSPS) is 10.9. The average Bonchev–Trinajstić information content (AvgIpc) is 3.14. The molecular formula is C26H26BrN3O2S. The van der Waals surface area contributed by atoms with Crippen molar-refractivity contribution < 1.29 is 9.90 Å². The van der Waals surface area contributed by atoms with Crippen molar-refractivity contribution in [2.45, 2.75) is 25.5 Å². The Morgan fingerprint density at radius 1 is 1.15 bits per heavy atom. The van der Waals surface area contributed by atoms with Crippen molar-refractivity contribution in [1.82, 2.24) is 9.55 Å². The van der Waals surface area contributed by atoms with Crippen LogP contribution in [0, 0.1) is 6.92 Å². The first kappa shape index (κ1) is 24.7. The second-order valence-electron chi connectivity index (χ2n) is 7.54. The van der Waals surface area contributed by atoms with Crippen LogP contribution in [0.4, 0.5) is 0 Å². The number of carbonyl (C=O) groups excluding carboxylic acids is 1. The van der Waals surface area contributed by atoms with Gasteiger partial charge >= 0.3 is 0 Å². The number of aromatic nitrogens is 2. The van der Waals surface area contributed by atoms with Crippen LogP contribution in [0.15, 0.2) is 81.4 Å². The van der Waals surface area contributed by atoms with E-state index >= 15 is 0 Å². The number of thioether (sulfide) groups is 1. The molecule has 0 unspecified atom stereocenters. The van der Waals surface area contributed by atoms with Gasteiger partial charge in [-0.3, -0.25) is 9.79 Å². The van der Waals surface area contributed by atoms with Gasteiger partial charge in [-0.2, -0.15) is 0 Å². The summed E-state index contributed by atoms with van der Waals surface area (Å²) in [6.07, 6.45) is 1.61. The summed E-state index contributed by atoms with van der Waals surface area (Å²) in [4.78, 5) is 19.8. The second kappa shape index (κ2) is 11.8. The van der Waals surface area contributed by atoms with Crippen LogP contribution in [0.25, 0.3) is 11.0 Å². The molecule has 7 heteroatoms. The fourth-order valence-electron chi connectivity index (χ4n) is 3.13. The van der Waals surface area contributed by atoms with Gasteiger partial charge in [-0.05, 0) is 49.7 Å². The maximum absolute atomic E-state index is 11.3. The molecule has 0 fully saturated rings. The van der Waals surface area contributed by atoms with Crippen LogP contribution in [0.1, 0.15) is 23.6 Å². The van der Waals surface area contributed by atoms with Crippen molar-refractivity contribution in [1.29, 1.82) is 0 Å². The molecule has 0 bridgehead atoms. The minimum absolute atomic E-state index is 0.166. The third-order valence-electron chi connectivity index (χ3n) is 4.74. The van der Waals surface area contributed by atoms with Gasteiger partial charge in [0.2, 0.25) is 0 Å². The lowest BCUT2D eigenvalue weighted by molar-refractivity contribution is -0.114. The number of rotatable bonds is 6. The number of halogens is 1. The number of para-hydroxylation sites is 2. The molecular weight excluding hydrogens is 498 g/mol. The molecule has 0 spiro atoms. The third kappa shape index (κ3) is 7.04. The number of aliphatic imine (C=N–C) groups is 1. The molecule has 0 aliphatic heterocycles. The van der Waals surface area contributed by atoms with Gasteiger partial charge in [0, 0.05) is 23.3 Å². The minimum atomic E-state index is 0.166. The van der Waals surface area contributed by atoms with Crippen molar-refractivity contribution in [2.75, 3.05) is 12.8 Å². The zero-order valence-corrected chi connectivity index (χ0v) is 21.2. The Kier molecular flexibility index (Phi) is 8.86. The van der Waals surface area contributed by atoms with E-state index in [4.69, 9.17) is 0 Å². The predicted molar refractivity (Wildman–Crippen MR) is 141 cm³/mol. The lowest BCUT2D eigenvalue weighted by atomic mass is 10.1. The highest BCUT2D eigenvalue weighted by Gasteiger charge is 2.12. The van der Waals surface area contributed by atoms with Crippen LogP contribution in [-0.4, -0.2) is 39.5 Å². The van der Waals surface area contributed by atoms with Gasteiger partial charge in [-0.15, -0.1) is 0 Å². The molecule has 33 heavy (non-hydrogen) atoms. The smallest absolute Gasteiger partial charge is 0.169 e. The molecule has 1 N–H and O–H groups in total. The van der Waals surface area contributed by atoms with Gasteiger partial charge < -0.3 is 9.67 Å². The van der Waals surface area contributed by atoms with Crippen molar-refractivity contribution >= 4 is 50.7 Å². The number of hydrogen-bond donors (Lipinski definition) is 1. The second-order valence-corrected chi connectivity index (χ2v) is 9.39. The number of aromatic hydroxyl groups is 1. The Balaban J connectivity index is 0.000000235. The quantitative estimate of drug-likeness (QED) is 0.238. The van der Waals surface area contributed by atoms with E-state index in [0.717, 1.165) is 32.8 Å². The van der Waals surface area contributed by atoms with E-state index in [1.807, 2.05) is 24.3 Å². The summed E-state index contributed by atoms with van der Waals surface area (Å²) >= 11 is 4.80. The van der Waals surface area contributed by atoms with E-state index in [-0.39, 0.29) is 11.5 Å². The first-order valence-electron chi connectivity index (χ1n) is 10.4. The molecule has 1 aromatic heterocycles. The number of fused-ring (bicyclic) bond motifs is 1. The van der Waals surface area contributed by atoms with Crippen LogP contribution >= 0.6 is 27.7 Å². The van der Waals surface area contributed by atoms with Crippen molar-refractivity contribution in [2.24, 2.45) is 4.99 Å². The first-order chi connectivity index (χ1) is 15.9. The molecule has 0 saturated heterocycles. The summed E-state index contributed by atoms with van der Waals surface area (Å²) in [5.41, 5.74) is 5.29. The minimum Gasteiger partial charge on any atom is -0.507 e. The summed E-state index contributed by atoms with van der Waals surface area (Å²) in [5.74, 6) is 0.870. The van der Waals surface area contributed by atoms with Gasteiger partial charge in [0.05, 0.1) is 23.3 Å². The van der Waals surface area contributed by atoms with E-state index in [0.29, 0.717) is 5.75 Å². The Morgan fingerprint density at radius 3 is 2.58 bits per heavy atom. The molecule has 0 aliphatic carbocycles. The van der Waals surface area contributed by atoms with Crippen LogP contribution in [-0.2, 0) is 11.3 Å². The largest absolute Gasteiger partial charge is 0.507 e. The van der Waals surface area contributed by atoms with Crippen LogP contribution in [0.2, 0.25) is 0 Å². The van der Waals surface area contributed by atoms with E-state index in [9.17, 15) is 9.90 Å². The summed E-state index contributed by atoms with van der Waals surface area (Å²) < 4.78 is 3.12. The molecule has 4 rings (SSSR count). The highest BCUT2D eigenvalue weighted by atomic mass is 79.9. The monoisotopic (exact) mass is 523 g/mol. The van der Waals surface area contributed by atoms with Gasteiger partial charge in [-0.1, -0.05) is 69.7 Å². The van der Waals surface area contributed by atoms with Gasteiger partial charge in [0.1, 0.15) is 11.5 Å². The van der Waals surface area contributed by atoms with Crippen molar-refractivity contribution in [3.8, 4) is 5.75 Å². The van der Waals surface area contributed by atoms with E-state index in [2.05, 4.69) is 67.7 Å². The Hall–Kier alpha value is -2.90. The van der Waals surface area contributed by atoms with Crippen LogP contribution < -0.4 is 0 Å². The molecule has 170 valence electrons. The predicted octanol–water partition coefficient (Wildman–Crippen LogP) is 6.28. The Morgan fingerprint density at radius 2 is 1.88 bits per heavy atom. The molecule has 0 aliphatic rings. The number of nitrogens with zero attached hydrogens (tertiary/aromatic N) is 3. The number of aryl methyl sites for hydroxylation is 1. The maximum atomic E-state index is 11.3. The number of phenols is 1. The van der Waals surface area contributed by atoms with Crippen LogP contribution in [0.3, 0.4) is 0 Å². The summed E-state index contributed by atoms with van der Waals surface area (Å²) in [7, 11) is 1.67. The topological polar surface area (TPSA) is 67.5 Å². The molecule has 0 radical (unpaired) electrons. The highest BCUT2D eigenvalue weighted by molar-refractivity contribution is 9.10. The highest BCUT2D eigenvalue weighted by Crippen LogP contribution is 2.25. The molecule has 0 amide bonds. The molecule has 0 atom stereocenters. The summed E-state index contributed by atoms with van der Waals surface area (Å²) in [5, 5.41) is 10.2. The van der Waals surface area contributed by atoms with Crippen molar-refractivity contribution in [3.05, 3.63) is 87.9 Å². The zero-order chi connectivity index (χ0) is 23.8. The lowest BCUT2D eigenvalue weighted by Gasteiger charge is -2.09. The lowest BCUT2D eigenvalue weighted by Crippen LogP contribution is -2.03. The molecule has 0 saturated carbocycles.